The molecule has 0 aromatic carbocycles. The van der Waals surface area contributed by atoms with E-state index in [1.54, 1.807) is 0 Å². The van der Waals surface area contributed by atoms with E-state index in [0.717, 1.165) is 13.0 Å². The van der Waals surface area contributed by atoms with Crippen LogP contribution in [0.25, 0.3) is 0 Å². The van der Waals surface area contributed by atoms with Crippen molar-refractivity contribution in [3.8, 4) is 0 Å². The van der Waals surface area contributed by atoms with E-state index in [1.807, 2.05) is 6.66 Å². The van der Waals surface area contributed by atoms with Gasteiger partial charge in [-0.05, 0) is 21.7 Å². The fourth-order valence-corrected chi connectivity index (χ4v) is 1.76. The first kappa shape index (κ1) is 17.8. The number of hydrogen-bond donors (Lipinski definition) is 1. The number of carbonyl (C=O) groups excluding carboxylic acids is 1. The normalized spacial score (nSPS) is 11.2. The topological polar surface area (TPSA) is 47.6 Å². The molecule has 1 amide bonds. The minimum absolute atomic E-state index is 0.0990. The summed E-state index contributed by atoms with van der Waals surface area (Å²) in [7, 11) is 0.313. The van der Waals surface area contributed by atoms with Crippen LogP contribution in [-0.2, 0) is 9.47 Å². The van der Waals surface area contributed by atoms with Crippen LogP contribution in [0.3, 0.4) is 0 Å². The van der Waals surface area contributed by atoms with Crippen molar-refractivity contribution in [3.05, 3.63) is 0 Å². The summed E-state index contributed by atoms with van der Waals surface area (Å²) in [6, 6.07) is 0. The maximum atomic E-state index is 10.9. The van der Waals surface area contributed by atoms with Gasteiger partial charge in [-0.2, -0.15) is 0 Å². The average Bonchev–Trinajstić information content (AvgIpc) is 2.39. The Morgan fingerprint density at radius 3 is 2.33 bits per heavy atom. The van der Waals surface area contributed by atoms with Crippen LogP contribution in [0.4, 0.5) is 4.79 Å². The zero-order valence-electron chi connectivity index (χ0n) is 11.8. The SMILES string of the molecule is CCCCCCCOCCOCCNC(=O)PC. The Balaban J connectivity index is 2.97. The van der Waals surface area contributed by atoms with Crippen molar-refractivity contribution in [2.45, 2.75) is 39.0 Å². The van der Waals surface area contributed by atoms with E-state index in [4.69, 9.17) is 9.47 Å². The highest BCUT2D eigenvalue weighted by atomic mass is 31.1. The van der Waals surface area contributed by atoms with Crippen LogP contribution in [0.1, 0.15) is 39.0 Å². The molecule has 0 bridgehead atoms. The molecule has 0 aliphatic rings. The Kier molecular flexibility index (Phi) is 14.7. The van der Waals surface area contributed by atoms with E-state index in [2.05, 4.69) is 12.2 Å². The quantitative estimate of drug-likeness (QED) is 0.416. The highest BCUT2D eigenvalue weighted by Gasteiger charge is 1.95. The van der Waals surface area contributed by atoms with Crippen LogP contribution in [0.2, 0.25) is 0 Å². The molecule has 0 heterocycles. The smallest absolute Gasteiger partial charge is 0.237 e. The number of unbranched alkanes of at least 4 members (excludes halogenated alkanes) is 4. The lowest BCUT2D eigenvalue weighted by Gasteiger charge is -2.06. The van der Waals surface area contributed by atoms with Crippen molar-refractivity contribution >= 4 is 14.2 Å². The minimum atomic E-state index is 0.0990. The third-order valence-corrected chi connectivity index (χ3v) is 3.15. The van der Waals surface area contributed by atoms with Gasteiger partial charge in [0, 0.05) is 13.2 Å². The van der Waals surface area contributed by atoms with E-state index >= 15 is 0 Å². The van der Waals surface area contributed by atoms with Gasteiger partial charge in [0.1, 0.15) is 0 Å². The van der Waals surface area contributed by atoms with Gasteiger partial charge in [0.15, 0.2) is 0 Å². The largest absolute Gasteiger partial charge is 0.379 e. The zero-order valence-corrected chi connectivity index (χ0v) is 12.8. The molecule has 0 aliphatic carbocycles. The van der Waals surface area contributed by atoms with Gasteiger partial charge in [0.25, 0.3) is 0 Å². The summed E-state index contributed by atoms with van der Waals surface area (Å²) in [6.07, 6.45) is 6.33. The van der Waals surface area contributed by atoms with Crippen LogP contribution in [0.5, 0.6) is 0 Å². The zero-order chi connectivity index (χ0) is 13.5. The second-order valence-electron chi connectivity index (χ2n) is 4.14. The molecule has 0 radical (unpaired) electrons. The average molecular weight is 277 g/mol. The van der Waals surface area contributed by atoms with E-state index < -0.39 is 0 Å². The molecule has 1 atom stereocenters. The first-order valence-electron chi connectivity index (χ1n) is 6.92. The molecular formula is C13H28NO3P. The molecule has 0 spiro atoms. The fourth-order valence-electron chi connectivity index (χ4n) is 1.45. The van der Waals surface area contributed by atoms with E-state index in [-0.39, 0.29) is 5.65 Å². The summed E-state index contributed by atoms with van der Waals surface area (Å²) >= 11 is 0. The molecule has 0 aromatic rings. The molecular weight excluding hydrogens is 249 g/mol. The molecule has 0 aliphatic heterocycles. The second-order valence-corrected chi connectivity index (χ2v) is 5.10. The summed E-state index contributed by atoms with van der Waals surface area (Å²) in [4.78, 5) is 10.9. The predicted octanol–water partition coefficient (Wildman–Crippen LogP) is 3.01. The van der Waals surface area contributed by atoms with Crippen LogP contribution in [-0.4, -0.2) is 45.3 Å². The van der Waals surface area contributed by atoms with Gasteiger partial charge in [0.2, 0.25) is 5.65 Å². The molecule has 1 N–H and O–H groups in total. The van der Waals surface area contributed by atoms with Crippen molar-refractivity contribution in [1.82, 2.24) is 5.32 Å². The van der Waals surface area contributed by atoms with Crippen molar-refractivity contribution in [2.24, 2.45) is 0 Å². The minimum Gasteiger partial charge on any atom is -0.379 e. The molecule has 0 aromatic heterocycles. The Morgan fingerprint density at radius 2 is 1.67 bits per heavy atom. The third kappa shape index (κ3) is 13.9. The van der Waals surface area contributed by atoms with E-state index in [1.165, 1.54) is 25.7 Å². The number of hydrogen-bond acceptors (Lipinski definition) is 3. The molecule has 4 nitrogen and oxygen atoms in total. The highest BCUT2D eigenvalue weighted by molar-refractivity contribution is 7.56. The third-order valence-electron chi connectivity index (χ3n) is 2.52. The molecule has 0 saturated heterocycles. The Bertz CT molecular complexity index is 191. The van der Waals surface area contributed by atoms with Gasteiger partial charge in [-0.15, -0.1) is 0 Å². The Hall–Kier alpha value is -0.180. The predicted molar refractivity (Wildman–Crippen MR) is 78.0 cm³/mol. The van der Waals surface area contributed by atoms with Crippen LogP contribution in [0.15, 0.2) is 0 Å². The van der Waals surface area contributed by atoms with Crippen molar-refractivity contribution in [3.63, 3.8) is 0 Å². The molecule has 18 heavy (non-hydrogen) atoms. The van der Waals surface area contributed by atoms with Gasteiger partial charge in [-0.3, -0.25) is 4.79 Å². The monoisotopic (exact) mass is 277 g/mol. The number of carbonyl (C=O) groups is 1. The molecule has 0 saturated carbocycles. The van der Waals surface area contributed by atoms with Crippen molar-refractivity contribution in [1.29, 1.82) is 0 Å². The number of ether oxygens (including phenoxy) is 2. The lowest BCUT2D eigenvalue weighted by atomic mass is 10.2. The molecule has 1 unspecified atom stereocenters. The van der Waals surface area contributed by atoms with Crippen molar-refractivity contribution in [2.75, 3.05) is 39.6 Å². The van der Waals surface area contributed by atoms with Crippen LogP contribution in [0, 0.1) is 0 Å². The Labute approximate surface area is 113 Å². The lowest BCUT2D eigenvalue weighted by Crippen LogP contribution is -2.23. The van der Waals surface area contributed by atoms with E-state index in [9.17, 15) is 4.79 Å². The summed E-state index contributed by atoms with van der Waals surface area (Å²) in [5.41, 5.74) is 0.0990. The van der Waals surface area contributed by atoms with Gasteiger partial charge in [-0.1, -0.05) is 32.6 Å². The fraction of sp³-hybridized carbons (Fsp3) is 0.923. The van der Waals surface area contributed by atoms with Gasteiger partial charge in [0.05, 0.1) is 19.8 Å². The van der Waals surface area contributed by atoms with Gasteiger partial charge in [-0.25, -0.2) is 0 Å². The summed E-state index contributed by atoms with van der Waals surface area (Å²) in [6.45, 7) is 7.34. The summed E-state index contributed by atoms with van der Waals surface area (Å²) in [5, 5.41) is 2.77. The molecule has 108 valence electrons. The standard InChI is InChI=1S/C13H28NO3P/c1-3-4-5-6-7-9-16-11-12-17-10-8-14-13(15)18-2/h18H,3-12H2,1-2H3,(H,14,15). The van der Waals surface area contributed by atoms with Crippen LogP contribution >= 0.6 is 8.58 Å². The first-order chi connectivity index (χ1) is 8.81. The molecule has 5 heteroatoms. The number of rotatable bonds is 13. The lowest BCUT2D eigenvalue weighted by molar-refractivity contribution is 0.0480. The van der Waals surface area contributed by atoms with E-state index in [0.29, 0.717) is 34.9 Å². The Morgan fingerprint density at radius 1 is 1.00 bits per heavy atom. The maximum Gasteiger partial charge on any atom is 0.237 e. The van der Waals surface area contributed by atoms with Gasteiger partial charge < -0.3 is 14.8 Å². The molecule has 0 rings (SSSR count). The van der Waals surface area contributed by atoms with Crippen molar-refractivity contribution < 1.29 is 14.3 Å². The maximum absolute atomic E-state index is 10.9. The molecule has 0 fully saturated rings. The summed E-state index contributed by atoms with van der Waals surface area (Å²) in [5.74, 6) is 0. The van der Waals surface area contributed by atoms with Gasteiger partial charge >= 0.3 is 0 Å². The number of amides is 1. The second kappa shape index (κ2) is 14.9. The van der Waals surface area contributed by atoms with Crippen LogP contribution < -0.4 is 5.32 Å². The first-order valence-corrected chi connectivity index (χ1v) is 8.42. The number of nitrogens with one attached hydrogen (secondary N) is 1. The summed E-state index contributed by atoms with van der Waals surface area (Å²) < 4.78 is 10.8. The highest BCUT2D eigenvalue weighted by Crippen LogP contribution is 2.02.